The summed E-state index contributed by atoms with van der Waals surface area (Å²) in [7, 11) is 0. The fourth-order valence-corrected chi connectivity index (χ4v) is 4.79. The van der Waals surface area contributed by atoms with Crippen molar-refractivity contribution in [2.45, 2.75) is 39.2 Å². The zero-order valence-electron chi connectivity index (χ0n) is 17.8. The van der Waals surface area contributed by atoms with Gasteiger partial charge in [0.05, 0.1) is 18.6 Å². The summed E-state index contributed by atoms with van der Waals surface area (Å²) < 4.78 is 17.2. The highest BCUT2D eigenvalue weighted by Gasteiger charge is 2.50. The molecule has 3 saturated heterocycles. The molecule has 3 heterocycles. The van der Waals surface area contributed by atoms with Gasteiger partial charge in [0.2, 0.25) is 0 Å². The molecule has 6 heteroatoms. The molecule has 0 radical (unpaired) electrons. The molecule has 1 aromatic rings. The van der Waals surface area contributed by atoms with E-state index in [4.69, 9.17) is 14.2 Å². The van der Waals surface area contributed by atoms with Crippen molar-refractivity contribution < 1.29 is 19.0 Å². The van der Waals surface area contributed by atoms with E-state index in [1.807, 2.05) is 12.1 Å². The molecule has 0 N–H and O–H groups in total. The second kappa shape index (κ2) is 9.02. The molecule has 3 aliphatic heterocycles. The van der Waals surface area contributed by atoms with Crippen LogP contribution in [0.5, 0.6) is 5.75 Å². The number of morpholine rings is 1. The first kappa shape index (κ1) is 20.6. The number of esters is 1. The molecule has 0 saturated carbocycles. The van der Waals surface area contributed by atoms with Crippen molar-refractivity contribution in [3.8, 4) is 5.75 Å². The Morgan fingerprint density at radius 3 is 2.62 bits per heavy atom. The number of carbonyl (C=O) groups excluding carboxylic acids is 1. The van der Waals surface area contributed by atoms with Gasteiger partial charge in [0.25, 0.3) is 0 Å². The maximum absolute atomic E-state index is 12.7. The summed E-state index contributed by atoms with van der Waals surface area (Å²) in [6.07, 6.45) is 2.71. The van der Waals surface area contributed by atoms with Gasteiger partial charge in [-0.2, -0.15) is 0 Å². The molecule has 29 heavy (non-hydrogen) atoms. The first-order valence-electron chi connectivity index (χ1n) is 11.0. The minimum Gasteiger partial charge on any atom is -0.492 e. The smallest absolute Gasteiger partial charge is 0.312 e. The zero-order valence-corrected chi connectivity index (χ0v) is 17.8. The van der Waals surface area contributed by atoms with E-state index >= 15 is 0 Å². The van der Waals surface area contributed by atoms with Crippen LogP contribution in [0.2, 0.25) is 0 Å². The molecule has 0 aliphatic carbocycles. The fraction of sp³-hybridized carbons (Fsp3) is 0.696. The van der Waals surface area contributed by atoms with E-state index in [0.717, 1.165) is 77.5 Å². The normalized spacial score (nSPS) is 25.3. The largest absolute Gasteiger partial charge is 0.492 e. The van der Waals surface area contributed by atoms with E-state index in [0.29, 0.717) is 6.61 Å². The molecule has 160 valence electrons. The van der Waals surface area contributed by atoms with Gasteiger partial charge in [-0.3, -0.25) is 14.6 Å². The summed E-state index contributed by atoms with van der Waals surface area (Å²) in [5.41, 5.74) is 2.21. The van der Waals surface area contributed by atoms with E-state index in [9.17, 15) is 4.79 Å². The fourth-order valence-electron chi connectivity index (χ4n) is 4.79. The lowest BCUT2D eigenvalue weighted by Crippen LogP contribution is -2.44. The summed E-state index contributed by atoms with van der Waals surface area (Å²) in [6.45, 7) is 12.0. The topological polar surface area (TPSA) is 51.2 Å². The minimum atomic E-state index is -0.262. The van der Waals surface area contributed by atoms with Gasteiger partial charge in [-0.25, -0.2) is 0 Å². The number of benzene rings is 1. The van der Waals surface area contributed by atoms with Gasteiger partial charge in [0.15, 0.2) is 0 Å². The number of carbonyl (C=O) groups is 1. The van der Waals surface area contributed by atoms with Gasteiger partial charge in [0, 0.05) is 32.6 Å². The lowest BCUT2D eigenvalue weighted by molar-refractivity contribution is -0.151. The molecule has 3 aliphatic rings. The van der Waals surface area contributed by atoms with E-state index in [2.05, 4.69) is 29.7 Å². The molecule has 0 bridgehead atoms. The number of aryl methyl sites for hydroxylation is 1. The van der Waals surface area contributed by atoms with Gasteiger partial charge < -0.3 is 14.2 Å². The van der Waals surface area contributed by atoms with Crippen molar-refractivity contribution >= 4 is 5.97 Å². The van der Waals surface area contributed by atoms with E-state index < -0.39 is 0 Å². The number of nitrogens with zero attached hydrogens (tertiary/aromatic N) is 2. The van der Waals surface area contributed by atoms with E-state index in [1.165, 1.54) is 11.1 Å². The average molecular weight is 403 g/mol. The predicted molar refractivity (Wildman–Crippen MR) is 111 cm³/mol. The van der Waals surface area contributed by atoms with Crippen molar-refractivity contribution in [2.75, 3.05) is 59.1 Å². The highest BCUT2D eigenvalue weighted by atomic mass is 16.6. The van der Waals surface area contributed by atoms with Gasteiger partial charge in [0.1, 0.15) is 18.5 Å². The molecule has 4 rings (SSSR count). The average Bonchev–Trinajstić information content (AvgIpc) is 3.02. The summed E-state index contributed by atoms with van der Waals surface area (Å²) in [6, 6.07) is 6.19. The molecule has 1 atom stereocenters. The third-order valence-electron chi connectivity index (χ3n) is 6.92. The Kier molecular flexibility index (Phi) is 6.42. The van der Waals surface area contributed by atoms with Crippen molar-refractivity contribution in [3.63, 3.8) is 0 Å². The predicted octanol–water partition coefficient (Wildman–Crippen LogP) is 2.41. The Morgan fingerprint density at radius 2 is 1.86 bits per heavy atom. The maximum atomic E-state index is 12.7. The van der Waals surface area contributed by atoms with Crippen LogP contribution in [0.15, 0.2) is 18.2 Å². The Hall–Kier alpha value is -1.63. The Morgan fingerprint density at radius 1 is 1.10 bits per heavy atom. The third-order valence-corrected chi connectivity index (χ3v) is 6.92. The quantitative estimate of drug-likeness (QED) is 0.681. The monoisotopic (exact) mass is 402 g/mol. The van der Waals surface area contributed by atoms with Crippen LogP contribution in [0.25, 0.3) is 0 Å². The lowest BCUT2D eigenvalue weighted by atomic mass is 9.76. The molecule has 1 spiro atoms. The van der Waals surface area contributed by atoms with Crippen molar-refractivity contribution in [1.82, 2.24) is 9.80 Å². The van der Waals surface area contributed by atoms with Crippen molar-refractivity contribution in [2.24, 2.45) is 5.41 Å². The Labute approximate surface area is 174 Å². The number of piperidine rings is 1. The van der Waals surface area contributed by atoms with Crippen LogP contribution in [0, 0.1) is 19.3 Å². The van der Waals surface area contributed by atoms with Crippen LogP contribution >= 0.6 is 0 Å². The van der Waals surface area contributed by atoms with E-state index in [-0.39, 0.29) is 17.5 Å². The highest BCUT2D eigenvalue weighted by Crippen LogP contribution is 2.43. The van der Waals surface area contributed by atoms with Crippen molar-refractivity contribution in [1.29, 1.82) is 0 Å². The lowest BCUT2D eigenvalue weighted by Gasteiger charge is -2.36. The van der Waals surface area contributed by atoms with Gasteiger partial charge in [-0.05, 0) is 57.0 Å². The van der Waals surface area contributed by atoms with E-state index in [1.54, 1.807) is 0 Å². The second-order valence-corrected chi connectivity index (χ2v) is 8.81. The minimum absolute atomic E-state index is 0.0297. The van der Waals surface area contributed by atoms with Gasteiger partial charge in [-0.15, -0.1) is 0 Å². The van der Waals surface area contributed by atoms with Crippen LogP contribution in [-0.4, -0.2) is 81.0 Å². The molecule has 3 fully saturated rings. The Bertz CT molecular complexity index is 709. The van der Waals surface area contributed by atoms with Crippen LogP contribution in [-0.2, 0) is 14.3 Å². The van der Waals surface area contributed by atoms with Crippen LogP contribution in [0.4, 0.5) is 0 Å². The molecule has 0 aromatic heterocycles. The summed E-state index contributed by atoms with van der Waals surface area (Å²) in [4.78, 5) is 17.4. The van der Waals surface area contributed by atoms with Crippen molar-refractivity contribution in [3.05, 3.63) is 29.3 Å². The summed E-state index contributed by atoms with van der Waals surface area (Å²) >= 11 is 0. The second-order valence-electron chi connectivity index (χ2n) is 8.81. The molecule has 1 aromatic carbocycles. The SMILES string of the molecule is Cc1cccc(OCCN2CCC3(CC2)CC(CN2CCOCC2)OC3=O)c1C. The van der Waals surface area contributed by atoms with Gasteiger partial charge in [-0.1, -0.05) is 12.1 Å². The first-order valence-corrected chi connectivity index (χ1v) is 11.0. The standard InChI is InChI=1S/C23H34N2O4/c1-18-4-3-5-21(19(18)2)28-15-12-24-8-6-23(7-9-24)16-20(29-22(23)26)17-25-10-13-27-14-11-25/h3-5,20H,6-17H2,1-2H3. The first-order chi connectivity index (χ1) is 14.1. The van der Waals surface area contributed by atoms with Crippen LogP contribution in [0.3, 0.4) is 0 Å². The number of hydrogen-bond donors (Lipinski definition) is 0. The molecule has 6 nitrogen and oxygen atoms in total. The number of cyclic esters (lactones) is 1. The Balaban J connectivity index is 1.22. The molecule has 0 amide bonds. The number of rotatable bonds is 6. The summed E-state index contributed by atoms with van der Waals surface area (Å²) in [5.74, 6) is 1.01. The molecular weight excluding hydrogens is 368 g/mol. The molecule has 1 unspecified atom stereocenters. The number of hydrogen-bond acceptors (Lipinski definition) is 6. The molecular formula is C23H34N2O4. The zero-order chi connectivity index (χ0) is 20.3. The maximum Gasteiger partial charge on any atom is 0.312 e. The number of likely N-dealkylation sites (tertiary alicyclic amines) is 1. The highest BCUT2D eigenvalue weighted by molar-refractivity contribution is 5.79. The number of ether oxygens (including phenoxy) is 3. The summed E-state index contributed by atoms with van der Waals surface area (Å²) in [5, 5.41) is 0. The van der Waals surface area contributed by atoms with Crippen LogP contribution < -0.4 is 4.74 Å². The van der Waals surface area contributed by atoms with Gasteiger partial charge >= 0.3 is 5.97 Å². The van der Waals surface area contributed by atoms with Crippen LogP contribution in [0.1, 0.15) is 30.4 Å². The third kappa shape index (κ3) is 4.76.